The molecule has 0 radical (unpaired) electrons. The standard InChI is InChI=1S/C16H24FNO/c1-3-11-7-9-12(10-8-11)16(18)15-13(17)5-4-6-14(15)19-2/h4-6,11-12,16H,3,7-10,18H2,1-2H3. The Kier molecular flexibility index (Phi) is 4.81. The average Bonchev–Trinajstić information content (AvgIpc) is 2.46. The third-order valence-electron chi connectivity index (χ3n) is 4.54. The van der Waals surface area contributed by atoms with Crippen LogP contribution in [0.3, 0.4) is 0 Å². The molecule has 1 saturated carbocycles. The van der Waals surface area contributed by atoms with Crippen molar-refractivity contribution >= 4 is 0 Å². The molecule has 0 heterocycles. The molecular weight excluding hydrogens is 241 g/mol. The number of benzene rings is 1. The van der Waals surface area contributed by atoms with E-state index in [2.05, 4.69) is 6.92 Å². The minimum atomic E-state index is -0.256. The summed E-state index contributed by atoms with van der Waals surface area (Å²) >= 11 is 0. The van der Waals surface area contributed by atoms with Gasteiger partial charge in [0.15, 0.2) is 0 Å². The molecule has 1 fully saturated rings. The summed E-state index contributed by atoms with van der Waals surface area (Å²) in [5.41, 5.74) is 6.86. The first-order valence-corrected chi connectivity index (χ1v) is 7.25. The van der Waals surface area contributed by atoms with Crippen LogP contribution in [0.5, 0.6) is 5.75 Å². The quantitative estimate of drug-likeness (QED) is 0.891. The highest BCUT2D eigenvalue weighted by Crippen LogP contribution is 2.39. The molecule has 0 amide bonds. The summed E-state index contributed by atoms with van der Waals surface area (Å²) in [5.74, 6) is 1.52. The lowest BCUT2D eigenvalue weighted by molar-refractivity contribution is 0.235. The van der Waals surface area contributed by atoms with Crippen LogP contribution in [0.2, 0.25) is 0 Å². The van der Waals surface area contributed by atoms with E-state index in [0.717, 1.165) is 18.8 Å². The Bertz CT molecular complexity index is 413. The Morgan fingerprint density at radius 1 is 1.32 bits per heavy atom. The summed E-state index contributed by atoms with van der Waals surface area (Å²) in [7, 11) is 1.57. The van der Waals surface area contributed by atoms with Crippen LogP contribution in [0.25, 0.3) is 0 Å². The van der Waals surface area contributed by atoms with Crippen LogP contribution in [-0.4, -0.2) is 7.11 Å². The van der Waals surface area contributed by atoms with E-state index in [4.69, 9.17) is 10.5 Å². The van der Waals surface area contributed by atoms with Gasteiger partial charge < -0.3 is 10.5 Å². The second-order valence-corrected chi connectivity index (χ2v) is 5.57. The maximum atomic E-state index is 14.0. The van der Waals surface area contributed by atoms with Crippen LogP contribution < -0.4 is 10.5 Å². The summed E-state index contributed by atoms with van der Waals surface area (Å²) in [4.78, 5) is 0. The van der Waals surface area contributed by atoms with Crippen molar-refractivity contribution in [2.75, 3.05) is 7.11 Å². The minimum Gasteiger partial charge on any atom is -0.496 e. The third-order valence-corrected chi connectivity index (χ3v) is 4.54. The molecule has 2 N–H and O–H groups in total. The van der Waals surface area contributed by atoms with Crippen molar-refractivity contribution < 1.29 is 9.13 Å². The Balaban J connectivity index is 2.14. The lowest BCUT2D eigenvalue weighted by Crippen LogP contribution is -2.27. The van der Waals surface area contributed by atoms with E-state index in [1.807, 2.05) is 0 Å². The maximum absolute atomic E-state index is 14.0. The van der Waals surface area contributed by atoms with E-state index in [1.54, 1.807) is 19.2 Å². The van der Waals surface area contributed by atoms with Crippen LogP contribution in [-0.2, 0) is 0 Å². The SMILES string of the molecule is CCC1CCC(C(N)c2c(F)cccc2OC)CC1. The molecule has 1 aliphatic carbocycles. The van der Waals surface area contributed by atoms with Gasteiger partial charge in [0.25, 0.3) is 0 Å². The summed E-state index contributed by atoms with van der Waals surface area (Å²) in [5, 5.41) is 0. The van der Waals surface area contributed by atoms with Gasteiger partial charge in [-0.05, 0) is 36.8 Å². The number of nitrogens with two attached hydrogens (primary N) is 1. The number of methoxy groups -OCH3 is 1. The Labute approximate surface area is 115 Å². The lowest BCUT2D eigenvalue weighted by Gasteiger charge is -2.32. The zero-order valence-electron chi connectivity index (χ0n) is 11.9. The van der Waals surface area contributed by atoms with Crippen molar-refractivity contribution in [3.8, 4) is 5.75 Å². The molecule has 0 saturated heterocycles. The largest absolute Gasteiger partial charge is 0.496 e. The van der Waals surface area contributed by atoms with Crippen LogP contribution in [0.15, 0.2) is 18.2 Å². The fraction of sp³-hybridized carbons (Fsp3) is 0.625. The zero-order valence-corrected chi connectivity index (χ0v) is 11.9. The van der Waals surface area contributed by atoms with E-state index in [9.17, 15) is 4.39 Å². The molecule has 0 spiro atoms. The number of halogens is 1. The highest BCUT2D eigenvalue weighted by molar-refractivity contribution is 5.37. The van der Waals surface area contributed by atoms with Gasteiger partial charge in [-0.3, -0.25) is 0 Å². The maximum Gasteiger partial charge on any atom is 0.131 e. The number of ether oxygens (including phenoxy) is 1. The van der Waals surface area contributed by atoms with Gasteiger partial charge in [-0.25, -0.2) is 4.39 Å². The topological polar surface area (TPSA) is 35.2 Å². The van der Waals surface area contributed by atoms with Crippen molar-refractivity contribution in [2.24, 2.45) is 17.6 Å². The lowest BCUT2D eigenvalue weighted by atomic mass is 9.76. The Hall–Kier alpha value is -1.09. The van der Waals surface area contributed by atoms with Gasteiger partial charge in [0.1, 0.15) is 11.6 Å². The summed E-state index contributed by atoms with van der Waals surface area (Å²) in [6.45, 7) is 2.24. The molecule has 1 unspecified atom stereocenters. The average molecular weight is 265 g/mol. The predicted molar refractivity (Wildman–Crippen MR) is 75.6 cm³/mol. The fourth-order valence-electron chi connectivity index (χ4n) is 3.21. The summed E-state index contributed by atoms with van der Waals surface area (Å²) < 4.78 is 19.3. The Morgan fingerprint density at radius 3 is 2.58 bits per heavy atom. The van der Waals surface area contributed by atoms with Crippen molar-refractivity contribution in [3.05, 3.63) is 29.6 Å². The van der Waals surface area contributed by atoms with Crippen LogP contribution in [0, 0.1) is 17.7 Å². The highest BCUT2D eigenvalue weighted by atomic mass is 19.1. The van der Waals surface area contributed by atoms with E-state index >= 15 is 0 Å². The second-order valence-electron chi connectivity index (χ2n) is 5.57. The second kappa shape index (κ2) is 6.38. The van der Waals surface area contributed by atoms with Crippen molar-refractivity contribution in [2.45, 2.75) is 45.1 Å². The van der Waals surface area contributed by atoms with Gasteiger partial charge >= 0.3 is 0 Å². The summed E-state index contributed by atoms with van der Waals surface area (Å²) in [6.07, 6.45) is 5.86. The molecule has 1 aliphatic rings. The number of hydrogen-bond acceptors (Lipinski definition) is 2. The molecule has 0 bridgehead atoms. The molecular formula is C16H24FNO. The van der Waals surface area contributed by atoms with Crippen molar-refractivity contribution in [3.63, 3.8) is 0 Å². The zero-order chi connectivity index (χ0) is 13.8. The van der Waals surface area contributed by atoms with Gasteiger partial charge in [0.05, 0.1) is 7.11 Å². The van der Waals surface area contributed by atoms with Gasteiger partial charge in [-0.15, -0.1) is 0 Å². The Morgan fingerprint density at radius 2 is 2.00 bits per heavy atom. The summed E-state index contributed by atoms with van der Waals surface area (Å²) in [6, 6.07) is 4.66. The van der Waals surface area contributed by atoms with Crippen LogP contribution >= 0.6 is 0 Å². The minimum absolute atomic E-state index is 0.246. The van der Waals surface area contributed by atoms with Gasteiger partial charge in [-0.2, -0.15) is 0 Å². The third kappa shape index (κ3) is 3.08. The van der Waals surface area contributed by atoms with E-state index in [-0.39, 0.29) is 11.9 Å². The molecule has 3 heteroatoms. The first kappa shape index (κ1) is 14.3. The van der Waals surface area contributed by atoms with Crippen molar-refractivity contribution in [1.29, 1.82) is 0 Å². The van der Waals surface area contributed by atoms with Gasteiger partial charge in [0.2, 0.25) is 0 Å². The molecule has 19 heavy (non-hydrogen) atoms. The molecule has 2 rings (SSSR count). The van der Waals surface area contributed by atoms with Crippen LogP contribution in [0.4, 0.5) is 4.39 Å². The van der Waals surface area contributed by atoms with E-state index in [1.165, 1.54) is 25.3 Å². The number of rotatable bonds is 4. The predicted octanol–water partition coefficient (Wildman–Crippen LogP) is 4.05. The normalized spacial score (nSPS) is 25.1. The first-order chi connectivity index (χ1) is 9.17. The van der Waals surface area contributed by atoms with Gasteiger partial charge in [0, 0.05) is 11.6 Å². The fourth-order valence-corrected chi connectivity index (χ4v) is 3.21. The van der Waals surface area contributed by atoms with E-state index in [0.29, 0.717) is 17.2 Å². The molecule has 0 aliphatic heterocycles. The monoisotopic (exact) mass is 265 g/mol. The molecule has 106 valence electrons. The molecule has 1 atom stereocenters. The van der Waals surface area contributed by atoms with Crippen LogP contribution in [0.1, 0.15) is 50.6 Å². The van der Waals surface area contributed by atoms with Gasteiger partial charge in [-0.1, -0.05) is 32.3 Å². The highest BCUT2D eigenvalue weighted by Gasteiger charge is 2.29. The molecule has 1 aromatic carbocycles. The number of hydrogen-bond donors (Lipinski definition) is 1. The first-order valence-electron chi connectivity index (χ1n) is 7.25. The molecule has 2 nitrogen and oxygen atoms in total. The molecule has 1 aromatic rings. The molecule has 0 aromatic heterocycles. The van der Waals surface area contributed by atoms with Crippen molar-refractivity contribution in [1.82, 2.24) is 0 Å². The smallest absolute Gasteiger partial charge is 0.131 e. The van der Waals surface area contributed by atoms with E-state index < -0.39 is 0 Å².